The molecule has 1 amide bonds. The second kappa shape index (κ2) is 6.05. The van der Waals surface area contributed by atoms with Gasteiger partial charge in [-0.15, -0.1) is 5.10 Å². The van der Waals surface area contributed by atoms with Crippen molar-refractivity contribution in [3.63, 3.8) is 0 Å². The Labute approximate surface area is 114 Å². The van der Waals surface area contributed by atoms with Crippen LogP contribution in [0.4, 0.5) is 5.69 Å². The van der Waals surface area contributed by atoms with Crippen LogP contribution in [0.5, 0.6) is 0 Å². The molecule has 2 aromatic rings. The third-order valence-electron chi connectivity index (χ3n) is 2.38. The number of amides is 1. The van der Waals surface area contributed by atoms with E-state index >= 15 is 0 Å². The summed E-state index contributed by atoms with van der Waals surface area (Å²) in [5, 5.41) is 9.09. The number of anilines is 1. The first-order valence-electron chi connectivity index (χ1n) is 5.54. The average molecular weight is 275 g/mol. The van der Waals surface area contributed by atoms with Crippen molar-refractivity contribution >= 4 is 29.3 Å². The zero-order chi connectivity index (χ0) is 13.7. The summed E-state index contributed by atoms with van der Waals surface area (Å²) in [6.45, 7) is 0. The maximum atomic E-state index is 11.5. The summed E-state index contributed by atoms with van der Waals surface area (Å²) in [6, 6.07) is 7.81. The molecular weight excluding hydrogens is 262 g/mol. The largest absolute Gasteiger partial charge is 0.378 e. The summed E-state index contributed by atoms with van der Waals surface area (Å²) in [7, 11) is 3.95. The number of hydrazone groups is 1. The molecule has 0 unspecified atom stereocenters. The van der Waals surface area contributed by atoms with E-state index in [9.17, 15) is 4.79 Å². The summed E-state index contributed by atoms with van der Waals surface area (Å²) in [5.41, 5.74) is 4.67. The van der Waals surface area contributed by atoms with E-state index in [0.29, 0.717) is 0 Å². The molecule has 0 radical (unpaired) electrons. The van der Waals surface area contributed by atoms with E-state index in [4.69, 9.17) is 0 Å². The molecule has 0 aliphatic rings. The van der Waals surface area contributed by atoms with E-state index in [1.165, 1.54) is 0 Å². The number of aromatic nitrogens is 2. The Morgan fingerprint density at radius 1 is 1.37 bits per heavy atom. The minimum atomic E-state index is -0.366. The third kappa shape index (κ3) is 3.59. The van der Waals surface area contributed by atoms with Gasteiger partial charge in [0.05, 0.1) is 6.21 Å². The van der Waals surface area contributed by atoms with Crippen LogP contribution in [0.2, 0.25) is 0 Å². The van der Waals surface area contributed by atoms with E-state index in [-0.39, 0.29) is 11.6 Å². The molecule has 2 rings (SSSR count). The van der Waals surface area contributed by atoms with Gasteiger partial charge in [0.15, 0.2) is 5.69 Å². The van der Waals surface area contributed by atoms with Crippen LogP contribution >= 0.6 is 11.5 Å². The van der Waals surface area contributed by atoms with Crippen molar-refractivity contribution in [1.29, 1.82) is 0 Å². The van der Waals surface area contributed by atoms with Crippen molar-refractivity contribution in [3.8, 4) is 0 Å². The van der Waals surface area contributed by atoms with Gasteiger partial charge in [-0.05, 0) is 29.2 Å². The van der Waals surface area contributed by atoms with E-state index in [1.54, 1.807) is 11.6 Å². The zero-order valence-electron chi connectivity index (χ0n) is 10.6. The van der Waals surface area contributed by atoms with Crippen LogP contribution in [-0.4, -0.2) is 35.8 Å². The van der Waals surface area contributed by atoms with E-state index in [1.807, 2.05) is 43.3 Å². The molecule has 0 spiro atoms. The monoisotopic (exact) mass is 275 g/mol. The second-order valence-corrected chi connectivity index (χ2v) is 4.59. The number of carbonyl (C=O) groups is 1. The fourth-order valence-electron chi connectivity index (χ4n) is 1.34. The number of benzene rings is 1. The van der Waals surface area contributed by atoms with Crippen LogP contribution in [0, 0.1) is 0 Å². The first-order chi connectivity index (χ1) is 9.16. The lowest BCUT2D eigenvalue weighted by Crippen LogP contribution is -2.18. The standard InChI is InChI=1S/C12H13N5OS/c1-17(2)10-5-3-9(4-6-10)7-13-15-12(18)11-8-19-16-14-11/h3-8H,1-2H3,(H,15,18)/b13-7+. The highest BCUT2D eigenvalue weighted by molar-refractivity contribution is 7.03. The molecule has 0 bridgehead atoms. The van der Waals surface area contributed by atoms with Crippen LogP contribution in [0.15, 0.2) is 34.7 Å². The van der Waals surface area contributed by atoms with Gasteiger partial charge in [-0.2, -0.15) is 5.10 Å². The molecule has 98 valence electrons. The van der Waals surface area contributed by atoms with Gasteiger partial charge in [-0.1, -0.05) is 16.6 Å². The highest BCUT2D eigenvalue weighted by Gasteiger charge is 2.06. The van der Waals surface area contributed by atoms with Crippen molar-refractivity contribution in [2.75, 3.05) is 19.0 Å². The Bertz CT molecular complexity index is 562. The minimum absolute atomic E-state index is 0.269. The molecule has 1 heterocycles. The normalized spacial score (nSPS) is 10.6. The van der Waals surface area contributed by atoms with Crippen molar-refractivity contribution in [2.24, 2.45) is 5.10 Å². The molecule has 0 saturated carbocycles. The maximum Gasteiger partial charge on any atom is 0.292 e. The van der Waals surface area contributed by atoms with Crippen LogP contribution in [0.25, 0.3) is 0 Å². The van der Waals surface area contributed by atoms with E-state index in [2.05, 4.69) is 20.1 Å². The number of hydrogen-bond donors (Lipinski definition) is 1. The second-order valence-electron chi connectivity index (χ2n) is 3.98. The number of hydrogen-bond acceptors (Lipinski definition) is 6. The van der Waals surface area contributed by atoms with Crippen molar-refractivity contribution < 1.29 is 4.79 Å². The SMILES string of the molecule is CN(C)c1ccc(/C=N/NC(=O)c2csnn2)cc1. The Morgan fingerprint density at radius 3 is 2.68 bits per heavy atom. The van der Waals surface area contributed by atoms with E-state index in [0.717, 1.165) is 22.8 Å². The molecule has 0 saturated heterocycles. The van der Waals surface area contributed by atoms with Crippen LogP contribution in [0.3, 0.4) is 0 Å². The van der Waals surface area contributed by atoms with Crippen molar-refractivity contribution in [2.45, 2.75) is 0 Å². The fraction of sp³-hybridized carbons (Fsp3) is 0.167. The van der Waals surface area contributed by atoms with Crippen LogP contribution < -0.4 is 10.3 Å². The quantitative estimate of drug-likeness (QED) is 0.676. The number of carbonyl (C=O) groups excluding carboxylic acids is 1. The zero-order valence-corrected chi connectivity index (χ0v) is 11.4. The molecular formula is C12H13N5OS. The van der Waals surface area contributed by atoms with Crippen LogP contribution in [-0.2, 0) is 0 Å². The molecule has 0 fully saturated rings. The summed E-state index contributed by atoms with van der Waals surface area (Å²) in [6.07, 6.45) is 1.58. The molecule has 1 aromatic carbocycles. The fourth-order valence-corrected chi connectivity index (χ4v) is 1.78. The first-order valence-corrected chi connectivity index (χ1v) is 6.38. The van der Waals surface area contributed by atoms with Gasteiger partial charge in [-0.3, -0.25) is 4.79 Å². The predicted octanol–water partition coefficient (Wildman–Crippen LogP) is 1.37. The molecule has 7 heteroatoms. The topological polar surface area (TPSA) is 70.5 Å². The lowest BCUT2D eigenvalue weighted by atomic mass is 10.2. The molecule has 6 nitrogen and oxygen atoms in total. The van der Waals surface area contributed by atoms with Crippen LogP contribution in [0.1, 0.15) is 16.1 Å². The number of nitrogens with zero attached hydrogens (tertiary/aromatic N) is 4. The molecule has 0 aliphatic carbocycles. The Kier molecular flexibility index (Phi) is 4.19. The summed E-state index contributed by atoms with van der Waals surface area (Å²) >= 11 is 1.12. The van der Waals surface area contributed by atoms with Crippen molar-refractivity contribution in [1.82, 2.24) is 15.0 Å². The number of rotatable bonds is 4. The first kappa shape index (κ1) is 13.2. The van der Waals surface area contributed by atoms with Crippen molar-refractivity contribution in [3.05, 3.63) is 40.9 Å². The van der Waals surface area contributed by atoms with Gasteiger partial charge < -0.3 is 4.90 Å². The molecule has 0 aliphatic heterocycles. The highest BCUT2D eigenvalue weighted by atomic mass is 32.1. The van der Waals surface area contributed by atoms with Gasteiger partial charge in [0.25, 0.3) is 5.91 Å². The Morgan fingerprint density at radius 2 is 2.11 bits per heavy atom. The smallest absolute Gasteiger partial charge is 0.292 e. The lowest BCUT2D eigenvalue weighted by molar-refractivity contribution is 0.0950. The molecule has 1 N–H and O–H groups in total. The predicted molar refractivity (Wildman–Crippen MR) is 75.7 cm³/mol. The maximum absolute atomic E-state index is 11.5. The summed E-state index contributed by atoms with van der Waals surface area (Å²) < 4.78 is 3.61. The lowest BCUT2D eigenvalue weighted by Gasteiger charge is -2.11. The van der Waals surface area contributed by atoms with E-state index < -0.39 is 0 Å². The molecule has 19 heavy (non-hydrogen) atoms. The molecule has 0 atom stereocenters. The summed E-state index contributed by atoms with van der Waals surface area (Å²) in [5.74, 6) is -0.366. The third-order valence-corrected chi connectivity index (χ3v) is 2.89. The Hall–Kier alpha value is -2.28. The average Bonchev–Trinajstić information content (AvgIpc) is 2.93. The minimum Gasteiger partial charge on any atom is -0.378 e. The van der Waals surface area contributed by atoms with Gasteiger partial charge in [0.2, 0.25) is 0 Å². The summed E-state index contributed by atoms with van der Waals surface area (Å²) in [4.78, 5) is 13.5. The Balaban J connectivity index is 1.94. The van der Waals surface area contributed by atoms with Gasteiger partial charge in [0, 0.05) is 25.2 Å². The molecule has 1 aromatic heterocycles. The van der Waals surface area contributed by atoms with Gasteiger partial charge >= 0.3 is 0 Å². The van der Waals surface area contributed by atoms with Gasteiger partial charge in [0.1, 0.15) is 0 Å². The van der Waals surface area contributed by atoms with Gasteiger partial charge in [-0.25, -0.2) is 5.43 Å². The number of nitrogens with one attached hydrogen (secondary N) is 1. The highest BCUT2D eigenvalue weighted by Crippen LogP contribution is 2.10.